The van der Waals surface area contributed by atoms with Gasteiger partial charge < -0.3 is 14.6 Å². The molecule has 0 bridgehead atoms. The highest BCUT2D eigenvalue weighted by atomic mass is 32.2. The second-order valence-corrected chi connectivity index (χ2v) is 6.35. The van der Waals surface area contributed by atoms with E-state index in [9.17, 15) is 13.6 Å². The van der Waals surface area contributed by atoms with Crippen molar-refractivity contribution in [2.24, 2.45) is 0 Å². The summed E-state index contributed by atoms with van der Waals surface area (Å²) in [6.45, 7) is 4.05. The Bertz CT molecular complexity index is 662. The number of halogens is 2. The predicted octanol–water partition coefficient (Wildman–Crippen LogP) is 2.18. The van der Waals surface area contributed by atoms with Gasteiger partial charge in [0, 0.05) is 25.2 Å². The van der Waals surface area contributed by atoms with Crippen molar-refractivity contribution in [2.45, 2.75) is 17.3 Å². The number of aromatic nitrogens is 2. The topological polar surface area (TPSA) is 58.2 Å². The lowest BCUT2D eigenvalue weighted by Crippen LogP contribution is -2.44. The van der Waals surface area contributed by atoms with Crippen molar-refractivity contribution in [3.8, 4) is 0 Å². The predicted molar refractivity (Wildman–Crippen MR) is 78.7 cm³/mol. The van der Waals surface area contributed by atoms with Gasteiger partial charge in [-0.3, -0.25) is 4.79 Å². The van der Waals surface area contributed by atoms with Gasteiger partial charge in [0.05, 0.1) is 29.5 Å². The maximum Gasteiger partial charge on any atom is 0.236 e. The molecule has 0 unspecified atom stereocenters. The summed E-state index contributed by atoms with van der Waals surface area (Å²) in [5, 5.41) is 0.127. The Morgan fingerprint density at radius 2 is 2.05 bits per heavy atom. The first-order valence-corrected chi connectivity index (χ1v) is 7.80. The zero-order valence-electron chi connectivity index (χ0n) is 11.9. The molecule has 1 amide bonds. The van der Waals surface area contributed by atoms with Crippen LogP contribution in [0.3, 0.4) is 0 Å². The molecule has 1 aliphatic rings. The van der Waals surface area contributed by atoms with E-state index in [2.05, 4.69) is 9.97 Å². The van der Waals surface area contributed by atoms with Crippen molar-refractivity contribution in [3.63, 3.8) is 0 Å². The van der Waals surface area contributed by atoms with Crippen LogP contribution in [0.25, 0.3) is 11.0 Å². The summed E-state index contributed by atoms with van der Waals surface area (Å²) in [6, 6.07) is 2.11. The Hall–Kier alpha value is -1.67. The van der Waals surface area contributed by atoms with Gasteiger partial charge in [-0.1, -0.05) is 11.8 Å². The molecule has 1 fully saturated rings. The van der Waals surface area contributed by atoms with Gasteiger partial charge in [0.25, 0.3) is 0 Å². The van der Waals surface area contributed by atoms with E-state index in [1.165, 1.54) is 11.8 Å². The molecular weight excluding hydrogens is 312 g/mol. The quantitative estimate of drug-likeness (QED) is 0.878. The lowest BCUT2D eigenvalue weighted by molar-refractivity contribution is -0.134. The summed E-state index contributed by atoms with van der Waals surface area (Å²) >= 11 is 1.24. The zero-order valence-corrected chi connectivity index (χ0v) is 12.8. The second kappa shape index (κ2) is 6.21. The van der Waals surface area contributed by atoms with Crippen molar-refractivity contribution in [3.05, 3.63) is 23.8 Å². The van der Waals surface area contributed by atoms with Crippen LogP contribution in [0.1, 0.15) is 6.92 Å². The highest BCUT2D eigenvalue weighted by Gasteiger charge is 2.24. The lowest BCUT2D eigenvalue weighted by atomic mass is 10.3. The number of morpholine rings is 1. The van der Waals surface area contributed by atoms with E-state index in [0.29, 0.717) is 42.5 Å². The van der Waals surface area contributed by atoms with Gasteiger partial charge in [-0.25, -0.2) is 13.8 Å². The number of benzene rings is 1. The van der Waals surface area contributed by atoms with Gasteiger partial charge in [-0.05, 0) is 6.92 Å². The maximum absolute atomic E-state index is 13.2. The summed E-state index contributed by atoms with van der Waals surface area (Å²) < 4.78 is 31.6. The highest BCUT2D eigenvalue weighted by molar-refractivity contribution is 8.00. The van der Waals surface area contributed by atoms with Crippen LogP contribution in [0, 0.1) is 11.6 Å². The van der Waals surface area contributed by atoms with Crippen molar-refractivity contribution in [1.82, 2.24) is 14.9 Å². The van der Waals surface area contributed by atoms with E-state index in [4.69, 9.17) is 4.74 Å². The number of H-pyrrole nitrogens is 1. The van der Waals surface area contributed by atoms with Crippen molar-refractivity contribution in [1.29, 1.82) is 0 Å². The Morgan fingerprint density at radius 1 is 1.36 bits per heavy atom. The summed E-state index contributed by atoms with van der Waals surface area (Å²) in [4.78, 5) is 21.2. The third kappa shape index (κ3) is 3.07. The lowest BCUT2D eigenvalue weighted by Gasteiger charge is -2.28. The number of rotatable bonds is 3. The van der Waals surface area contributed by atoms with Crippen LogP contribution < -0.4 is 0 Å². The van der Waals surface area contributed by atoms with Gasteiger partial charge in [-0.2, -0.15) is 0 Å². The van der Waals surface area contributed by atoms with Crippen LogP contribution in [-0.4, -0.2) is 52.3 Å². The molecule has 0 aliphatic carbocycles. The average molecular weight is 327 g/mol. The number of aromatic amines is 1. The van der Waals surface area contributed by atoms with Gasteiger partial charge in [0.2, 0.25) is 5.91 Å². The third-order valence-corrected chi connectivity index (χ3v) is 4.43. The number of fused-ring (bicyclic) bond motifs is 1. The normalized spacial score (nSPS) is 17.0. The van der Waals surface area contributed by atoms with Gasteiger partial charge in [0.15, 0.2) is 16.8 Å². The third-order valence-electron chi connectivity index (χ3n) is 3.46. The van der Waals surface area contributed by atoms with Crippen LogP contribution in [-0.2, 0) is 9.53 Å². The summed E-state index contributed by atoms with van der Waals surface area (Å²) in [6.07, 6.45) is 0. The fourth-order valence-electron chi connectivity index (χ4n) is 2.30. The number of carbonyl (C=O) groups excluding carboxylic acids is 1. The van der Waals surface area contributed by atoms with Gasteiger partial charge in [0.1, 0.15) is 0 Å². The SMILES string of the molecule is C[C@H](Sc1nc2cc(F)c(F)cc2[nH]1)C(=O)N1CCOCC1. The fraction of sp³-hybridized carbons (Fsp3) is 0.429. The molecule has 22 heavy (non-hydrogen) atoms. The molecule has 1 atom stereocenters. The molecule has 1 N–H and O–H groups in total. The molecule has 0 radical (unpaired) electrons. The molecule has 5 nitrogen and oxygen atoms in total. The van der Waals surface area contributed by atoms with E-state index >= 15 is 0 Å². The minimum Gasteiger partial charge on any atom is -0.378 e. The molecule has 118 valence electrons. The number of amides is 1. The largest absolute Gasteiger partial charge is 0.378 e. The summed E-state index contributed by atoms with van der Waals surface area (Å²) in [5.74, 6) is -1.86. The number of nitrogens with one attached hydrogen (secondary N) is 1. The van der Waals surface area contributed by atoms with E-state index in [0.717, 1.165) is 12.1 Å². The van der Waals surface area contributed by atoms with E-state index in [1.54, 1.807) is 11.8 Å². The smallest absolute Gasteiger partial charge is 0.236 e. The maximum atomic E-state index is 13.2. The number of carbonyl (C=O) groups is 1. The molecule has 1 aromatic carbocycles. The van der Waals surface area contributed by atoms with E-state index in [-0.39, 0.29) is 11.2 Å². The number of imidazole rings is 1. The standard InChI is InChI=1S/C14H15F2N3O2S/c1-8(13(20)19-2-4-21-5-3-19)22-14-17-11-6-9(15)10(16)7-12(11)18-14/h6-8H,2-5H2,1H3,(H,17,18)/t8-/m0/s1. The molecular formula is C14H15F2N3O2S. The molecule has 2 aromatic rings. The van der Waals surface area contributed by atoms with Gasteiger partial charge in [-0.15, -0.1) is 0 Å². The molecule has 0 spiro atoms. The zero-order chi connectivity index (χ0) is 15.7. The van der Waals surface area contributed by atoms with Crippen molar-refractivity contribution < 1.29 is 18.3 Å². The van der Waals surface area contributed by atoms with Crippen LogP contribution in [0.2, 0.25) is 0 Å². The summed E-state index contributed by atoms with van der Waals surface area (Å²) in [5.41, 5.74) is 0.750. The van der Waals surface area contributed by atoms with Crippen LogP contribution in [0.5, 0.6) is 0 Å². The number of nitrogens with zero attached hydrogens (tertiary/aromatic N) is 2. The number of hydrogen-bond donors (Lipinski definition) is 1. The van der Waals surface area contributed by atoms with Gasteiger partial charge >= 0.3 is 0 Å². The Morgan fingerprint density at radius 3 is 2.77 bits per heavy atom. The second-order valence-electron chi connectivity index (χ2n) is 5.02. The summed E-state index contributed by atoms with van der Waals surface area (Å²) in [7, 11) is 0. The molecule has 0 saturated carbocycles. The van der Waals surface area contributed by atoms with Crippen molar-refractivity contribution in [2.75, 3.05) is 26.3 Å². The molecule has 2 heterocycles. The Labute approximate surface area is 130 Å². The van der Waals surface area contributed by atoms with Crippen molar-refractivity contribution >= 4 is 28.7 Å². The highest BCUT2D eigenvalue weighted by Crippen LogP contribution is 2.26. The van der Waals surface area contributed by atoms with E-state index in [1.807, 2.05) is 0 Å². The van der Waals surface area contributed by atoms with Crippen LogP contribution in [0.15, 0.2) is 17.3 Å². The minimum atomic E-state index is -0.937. The number of ether oxygens (including phenoxy) is 1. The Balaban J connectivity index is 1.73. The number of hydrogen-bond acceptors (Lipinski definition) is 4. The average Bonchev–Trinajstić information content (AvgIpc) is 2.89. The molecule has 1 aliphatic heterocycles. The molecule has 8 heteroatoms. The first-order valence-electron chi connectivity index (χ1n) is 6.92. The molecule has 1 saturated heterocycles. The molecule has 3 rings (SSSR count). The first-order chi connectivity index (χ1) is 10.5. The first kappa shape index (κ1) is 15.2. The molecule has 1 aromatic heterocycles. The van der Waals surface area contributed by atoms with E-state index < -0.39 is 11.6 Å². The van der Waals surface area contributed by atoms with Crippen LogP contribution in [0.4, 0.5) is 8.78 Å². The fourth-order valence-corrected chi connectivity index (χ4v) is 3.20. The number of thioether (sulfide) groups is 1. The Kier molecular flexibility index (Phi) is 4.30. The monoisotopic (exact) mass is 327 g/mol. The van der Waals surface area contributed by atoms with Crippen LogP contribution >= 0.6 is 11.8 Å². The minimum absolute atomic E-state index is 0.00566.